The van der Waals surface area contributed by atoms with Gasteiger partial charge in [-0.3, -0.25) is 4.79 Å². The van der Waals surface area contributed by atoms with Crippen LogP contribution in [0.25, 0.3) is 10.2 Å². The Labute approximate surface area is 174 Å². The molecule has 2 aromatic carbocycles. The molecule has 0 unspecified atom stereocenters. The number of hydrogen-bond donors (Lipinski definition) is 0. The van der Waals surface area contributed by atoms with Crippen LogP contribution in [-0.2, 0) is 4.79 Å². The third kappa shape index (κ3) is 4.33. The van der Waals surface area contributed by atoms with E-state index >= 15 is 0 Å². The Kier molecular flexibility index (Phi) is 5.87. The highest BCUT2D eigenvalue weighted by Gasteiger charge is 2.23. The first-order valence-electron chi connectivity index (χ1n) is 9.68. The first-order chi connectivity index (χ1) is 13.6. The number of benzene rings is 2. The Morgan fingerprint density at radius 2 is 1.82 bits per heavy atom. The van der Waals surface area contributed by atoms with Gasteiger partial charge in [0.05, 0.1) is 10.2 Å². The van der Waals surface area contributed by atoms with Gasteiger partial charge in [0.15, 0.2) is 5.13 Å². The number of carbonyl (C=O) groups is 1. The fourth-order valence-corrected chi connectivity index (χ4v) is 5.34. The molecule has 0 aliphatic carbocycles. The van der Waals surface area contributed by atoms with Crippen LogP contribution in [0.1, 0.15) is 17.5 Å². The molecule has 0 N–H and O–H groups in total. The number of para-hydroxylation sites is 1. The molecular formula is C22H25N3OS2. The van der Waals surface area contributed by atoms with Gasteiger partial charge in [0, 0.05) is 43.2 Å². The van der Waals surface area contributed by atoms with E-state index in [0.717, 1.165) is 42.6 Å². The molecule has 0 radical (unpaired) electrons. The molecule has 1 fully saturated rings. The molecule has 1 amide bonds. The van der Waals surface area contributed by atoms with E-state index in [-0.39, 0.29) is 5.91 Å². The summed E-state index contributed by atoms with van der Waals surface area (Å²) < 4.78 is 1.24. The van der Waals surface area contributed by atoms with Gasteiger partial charge in [-0.1, -0.05) is 41.2 Å². The van der Waals surface area contributed by atoms with Gasteiger partial charge in [0.1, 0.15) is 0 Å². The monoisotopic (exact) mass is 411 g/mol. The summed E-state index contributed by atoms with van der Waals surface area (Å²) >= 11 is 3.50. The number of thioether (sulfide) groups is 1. The Morgan fingerprint density at radius 3 is 2.54 bits per heavy atom. The molecule has 3 aromatic rings. The van der Waals surface area contributed by atoms with Crippen molar-refractivity contribution in [2.24, 2.45) is 0 Å². The van der Waals surface area contributed by atoms with Crippen LogP contribution in [0, 0.1) is 13.8 Å². The van der Waals surface area contributed by atoms with E-state index in [0.29, 0.717) is 6.42 Å². The number of hydrogen-bond acceptors (Lipinski definition) is 5. The molecule has 1 aromatic heterocycles. The van der Waals surface area contributed by atoms with Crippen LogP contribution in [0.15, 0.2) is 47.4 Å². The minimum Gasteiger partial charge on any atom is -0.345 e. The second-order valence-corrected chi connectivity index (χ2v) is 9.37. The lowest BCUT2D eigenvalue weighted by Gasteiger charge is -2.34. The Bertz CT molecular complexity index is 960. The van der Waals surface area contributed by atoms with Crippen LogP contribution in [-0.4, -0.2) is 47.7 Å². The maximum atomic E-state index is 12.6. The number of fused-ring (bicyclic) bond motifs is 1. The fourth-order valence-electron chi connectivity index (χ4n) is 3.41. The van der Waals surface area contributed by atoms with Gasteiger partial charge in [-0.15, -0.1) is 11.8 Å². The molecule has 0 bridgehead atoms. The fraction of sp³-hybridized carbons (Fsp3) is 0.364. The summed E-state index contributed by atoms with van der Waals surface area (Å²) in [6, 6.07) is 14.8. The molecule has 1 aliphatic heterocycles. The smallest absolute Gasteiger partial charge is 0.223 e. The summed E-state index contributed by atoms with van der Waals surface area (Å²) in [7, 11) is 0. The number of carbonyl (C=O) groups excluding carboxylic acids is 1. The molecule has 4 nitrogen and oxygen atoms in total. The Morgan fingerprint density at radius 1 is 1.07 bits per heavy atom. The highest BCUT2D eigenvalue weighted by atomic mass is 32.2. The molecule has 1 saturated heterocycles. The number of piperazine rings is 1. The van der Waals surface area contributed by atoms with Gasteiger partial charge in [0.2, 0.25) is 5.91 Å². The lowest BCUT2D eigenvalue weighted by atomic mass is 10.2. The van der Waals surface area contributed by atoms with Crippen molar-refractivity contribution in [1.29, 1.82) is 0 Å². The summed E-state index contributed by atoms with van der Waals surface area (Å²) in [5.41, 5.74) is 3.59. The van der Waals surface area contributed by atoms with Crippen molar-refractivity contribution in [3.63, 3.8) is 0 Å². The second kappa shape index (κ2) is 8.53. The number of anilines is 1. The number of thiazole rings is 1. The quantitative estimate of drug-likeness (QED) is 0.568. The van der Waals surface area contributed by atoms with Gasteiger partial charge in [-0.2, -0.15) is 0 Å². The first-order valence-corrected chi connectivity index (χ1v) is 11.5. The van der Waals surface area contributed by atoms with Gasteiger partial charge in [-0.25, -0.2) is 4.98 Å². The van der Waals surface area contributed by atoms with Crippen molar-refractivity contribution >= 4 is 44.4 Å². The van der Waals surface area contributed by atoms with Gasteiger partial charge in [-0.05, 0) is 37.6 Å². The minimum absolute atomic E-state index is 0.263. The van der Waals surface area contributed by atoms with Crippen molar-refractivity contribution in [2.45, 2.75) is 25.2 Å². The van der Waals surface area contributed by atoms with E-state index in [4.69, 9.17) is 4.98 Å². The molecule has 6 heteroatoms. The predicted molar refractivity (Wildman–Crippen MR) is 120 cm³/mol. The van der Waals surface area contributed by atoms with Crippen molar-refractivity contribution in [3.05, 3.63) is 53.6 Å². The predicted octanol–water partition coefficient (Wildman–Crippen LogP) is 4.74. The van der Waals surface area contributed by atoms with E-state index < -0.39 is 0 Å². The summed E-state index contributed by atoms with van der Waals surface area (Å²) in [6.07, 6.45) is 0.596. The molecule has 1 aliphatic rings. The molecular weight excluding hydrogens is 386 g/mol. The van der Waals surface area contributed by atoms with Crippen LogP contribution in [0.4, 0.5) is 5.13 Å². The SMILES string of the molecule is Cc1ccc(SCCC(=O)N2CCN(c3nc4c(C)cccc4s3)CC2)cc1. The van der Waals surface area contributed by atoms with E-state index in [1.807, 2.05) is 4.90 Å². The maximum absolute atomic E-state index is 12.6. The van der Waals surface area contributed by atoms with Crippen LogP contribution >= 0.6 is 23.1 Å². The van der Waals surface area contributed by atoms with Crippen LogP contribution in [0.2, 0.25) is 0 Å². The van der Waals surface area contributed by atoms with Gasteiger partial charge in [0.25, 0.3) is 0 Å². The van der Waals surface area contributed by atoms with Crippen LogP contribution in [0.5, 0.6) is 0 Å². The largest absolute Gasteiger partial charge is 0.345 e. The van der Waals surface area contributed by atoms with E-state index in [2.05, 4.69) is 61.2 Å². The summed E-state index contributed by atoms with van der Waals surface area (Å²) in [6.45, 7) is 7.47. The first kappa shape index (κ1) is 19.3. The molecule has 0 atom stereocenters. The standard InChI is InChI=1S/C22H25N3OS2/c1-16-6-8-18(9-7-16)27-15-10-20(26)24-11-13-25(14-12-24)22-23-21-17(2)4-3-5-19(21)28-22/h3-9H,10-15H2,1-2H3. The van der Waals surface area contributed by atoms with E-state index in [9.17, 15) is 4.79 Å². The highest BCUT2D eigenvalue weighted by Crippen LogP contribution is 2.31. The number of rotatable bonds is 5. The van der Waals surface area contributed by atoms with Crippen molar-refractivity contribution < 1.29 is 4.79 Å². The van der Waals surface area contributed by atoms with Crippen LogP contribution in [0.3, 0.4) is 0 Å². The van der Waals surface area contributed by atoms with Crippen LogP contribution < -0.4 is 4.90 Å². The summed E-state index contributed by atoms with van der Waals surface area (Å²) in [5, 5.41) is 1.08. The average Bonchev–Trinajstić information content (AvgIpc) is 3.15. The lowest BCUT2D eigenvalue weighted by molar-refractivity contribution is -0.131. The number of nitrogens with zero attached hydrogens (tertiary/aromatic N) is 3. The van der Waals surface area contributed by atoms with Crippen molar-refractivity contribution in [2.75, 3.05) is 36.8 Å². The topological polar surface area (TPSA) is 36.4 Å². The number of amides is 1. The Hall–Kier alpha value is -2.05. The Balaban J connectivity index is 1.27. The normalized spacial score (nSPS) is 14.6. The maximum Gasteiger partial charge on any atom is 0.223 e. The third-order valence-electron chi connectivity index (χ3n) is 5.12. The summed E-state index contributed by atoms with van der Waals surface area (Å²) in [4.78, 5) is 22.9. The van der Waals surface area contributed by atoms with E-state index in [1.54, 1.807) is 23.1 Å². The van der Waals surface area contributed by atoms with Gasteiger partial charge < -0.3 is 9.80 Å². The van der Waals surface area contributed by atoms with E-state index in [1.165, 1.54) is 20.7 Å². The second-order valence-electron chi connectivity index (χ2n) is 7.20. The molecule has 28 heavy (non-hydrogen) atoms. The number of aryl methyl sites for hydroxylation is 2. The zero-order valence-electron chi connectivity index (χ0n) is 16.4. The third-order valence-corrected chi connectivity index (χ3v) is 7.21. The molecule has 4 rings (SSSR count). The van der Waals surface area contributed by atoms with Crippen molar-refractivity contribution in [3.8, 4) is 0 Å². The molecule has 2 heterocycles. The molecule has 0 saturated carbocycles. The zero-order valence-corrected chi connectivity index (χ0v) is 18.0. The van der Waals surface area contributed by atoms with Crippen molar-refractivity contribution in [1.82, 2.24) is 9.88 Å². The average molecular weight is 412 g/mol. The molecule has 146 valence electrons. The van der Waals surface area contributed by atoms with Gasteiger partial charge >= 0.3 is 0 Å². The number of aromatic nitrogens is 1. The summed E-state index contributed by atoms with van der Waals surface area (Å²) in [5.74, 6) is 1.10. The molecule has 0 spiro atoms. The minimum atomic E-state index is 0.263. The highest BCUT2D eigenvalue weighted by molar-refractivity contribution is 7.99. The zero-order chi connectivity index (χ0) is 19.5. The lowest BCUT2D eigenvalue weighted by Crippen LogP contribution is -2.48.